The zero-order chi connectivity index (χ0) is 40.8. The summed E-state index contributed by atoms with van der Waals surface area (Å²) < 4.78 is 6.64. The van der Waals surface area contributed by atoms with Gasteiger partial charge in [0.05, 0.1) is 5.41 Å². The minimum absolute atomic E-state index is 0.119. The van der Waals surface area contributed by atoms with Gasteiger partial charge < -0.3 is 9.64 Å². The van der Waals surface area contributed by atoms with Gasteiger partial charge in [-0.1, -0.05) is 152 Å². The van der Waals surface area contributed by atoms with Gasteiger partial charge in [-0.05, 0) is 159 Å². The predicted octanol–water partition coefficient (Wildman–Crippen LogP) is 15.6. The van der Waals surface area contributed by atoms with Gasteiger partial charge in [-0.2, -0.15) is 0 Å². The van der Waals surface area contributed by atoms with Crippen LogP contribution in [0.2, 0.25) is 0 Å². The molecule has 2 heteroatoms. The van der Waals surface area contributed by atoms with Gasteiger partial charge in [0.2, 0.25) is 0 Å². The molecule has 1 heterocycles. The summed E-state index contributed by atoms with van der Waals surface area (Å²) in [6.07, 6.45) is 15.4. The molecule has 61 heavy (non-hydrogen) atoms. The second-order valence-corrected chi connectivity index (χ2v) is 16.6. The molecule has 2 nitrogen and oxygen atoms in total. The number of rotatable bonds is 8. The molecule has 0 fully saturated rings. The highest BCUT2D eigenvalue weighted by Crippen LogP contribution is 2.52. The Labute approximate surface area is 358 Å². The molecule has 0 saturated heterocycles. The Morgan fingerprint density at radius 1 is 0.475 bits per heavy atom. The van der Waals surface area contributed by atoms with Crippen molar-refractivity contribution in [2.45, 2.75) is 31.3 Å². The number of ether oxygens (including phenoxy) is 1. The van der Waals surface area contributed by atoms with Crippen molar-refractivity contribution in [3.8, 4) is 50.3 Å². The number of fused-ring (bicyclic) bond motifs is 4. The average molecular weight is 784 g/mol. The maximum Gasteiger partial charge on any atom is 0.132 e. The molecule has 2 unspecified atom stereocenters. The van der Waals surface area contributed by atoms with Crippen LogP contribution < -0.4 is 9.64 Å². The van der Waals surface area contributed by atoms with Gasteiger partial charge in [-0.15, -0.1) is 0 Å². The lowest BCUT2D eigenvalue weighted by molar-refractivity contribution is 0.220. The summed E-state index contributed by atoms with van der Waals surface area (Å²) in [5.41, 5.74) is 16.5. The normalized spacial score (nSPS) is 17.6. The van der Waals surface area contributed by atoms with Crippen LogP contribution in [0.3, 0.4) is 0 Å². The topological polar surface area (TPSA) is 12.5 Å². The Balaban J connectivity index is 0.988. The number of nitrogens with zero attached hydrogens (tertiary/aromatic N) is 1. The molecule has 0 N–H and O–H groups in total. The van der Waals surface area contributed by atoms with Gasteiger partial charge in [-0.3, -0.25) is 0 Å². The van der Waals surface area contributed by atoms with E-state index in [9.17, 15) is 0 Å². The molecule has 2 atom stereocenters. The van der Waals surface area contributed by atoms with E-state index < -0.39 is 5.41 Å². The van der Waals surface area contributed by atoms with E-state index in [1.807, 2.05) is 0 Å². The molecule has 0 amide bonds. The first-order chi connectivity index (χ1) is 30.1. The summed E-state index contributed by atoms with van der Waals surface area (Å²) >= 11 is 0. The molecule has 8 aromatic carbocycles. The monoisotopic (exact) mass is 783 g/mol. The van der Waals surface area contributed by atoms with E-state index in [2.05, 4.69) is 236 Å². The summed E-state index contributed by atoms with van der Waals surface area (Å²) in [5, 5.41) is 2.51. The van der Waals surface area contributed by atoms with Gasteiger partial charge in [-0.25, -0.2) is 0 Å². The fourth-order valence-electron chi connectivity index (χ4n) is 9.55. The number of anilines is 2. The number of hydrogen-bond donors (Lipinski definition) is 0. The zero-order valence-corrected chi connectivity index (χ0v) is 34.2. The minimum atomic E-state index is -0.405. The quantitative estimate of drug-likeness (QED) is 0.152. The Kier molecular flexibility index (Phi) is 9.20. The molecule has 8 aromatic rings. The Morgan fingerprint density at radius 2 is 1.05 bits per heavy atom. The van der Waals surface area contributed by atoms with E-state index in [1.165, 1.54) is 77.7 Å². The minimum Gasteiger partial charge on any atom is -0.485 e. The van der Waals surface area contributed by atoms with Crippen LogP contribution >= 0.6 is 0 Å². The van der Waals surface area contributed by atoms with Crippen molar-refractivity contribution in [2.75, 3.05) is 4.90 Å². The van der Waals surface area contributed by atoms with Crippen molar-refractivity contribution in [1.29, 1.82) is 0 Å². The van der Waals surface area contributed by atoms with Crippen molar-refractivity contribution in [1.82, 2.24) is 0 Å². The van der Waals surface area contributed by atoms with E-state index in [0.29, 0.717) is 0 Å². The standard InChI is InChI=1S/C59H45NO/c1-59-55-22-10-11-23-56(55)61-58(59)25-13-24-57(59)60(53-32-28-44(29-33-53)47-20-12-21-48(36-47)49-27-26-43-18-8-9-19-46(43)37-49)54-34-30-45(31-35-54)52-39-50(41-14-4-2-5-15-41)38-51(40-52)42-16-6-3-7-17-42/h2-6,8-16,18-40,58H,7,17H2,1H3. The van der Waals surface area contributed by atoms with Crippen LogP contribution in [0.5, 0.6) is 5.75 Å². The summed E-state index contributed by atoms with van der Waals surface area (Å²) in [6.45, 7) is 2.33. The molecule has 0 aromatic heterocycles. The third-order valence-electron chi connectivity index (χ3n) is 12.9. The molecule has 2 aliphatic carbocycles. The summed E-state index contributed by atoms with van der Waals surface area (Å²) in [7, 11) is 0. The molecule has 3 aliphatic rings. The van der Waals surface area contributed by atoms with Crippen LogP contribution in [0.25, 0.3) is 60.9 Å². The number of hydrogen-bond acceptors (Lipinski definition) is 2. The molecule has 292 valence electrons. The van der Waals surface area contributed by atoms with Crippen molar-refractivity contribution in [2.24, 2.45) is 0 Å². The highest BCUT2D eigenvalue weighted by atomic mass is 16.5. The average Bonchev–Trinajstić information content (AvgIpc) is 3.65. The van der Waals surface area contributed by atoms with Crippen molar-refractivity contribution >= 4 is 27.7 Å². The van der Waals surface area contributed by atoms with Gasteiger partial charge in [0.15, 0.2) is 0 Å². The molecule has 11 rings (SSSR count). The van der Waals surface area contributed by atoms with Crippen molar-refractivity contribution in [3.63, 3.8) is 0 Å². The van der Waals surface area contributed by atoms with Crippen LogP contribution in [0.4, 0.5) is 11.4 Å². The summed E-state index contributed by atoms with van der Waals surface area (Å²) in [4.78, 5) is 2.44. The van der Waals surface area contributed by atoms with Gasteiger partial charge >= 0.3 is 0 Å². The largest absolute Gasteiger partial charge is 0.485 e. The van der Waals surface area contributed by atoms with E-state index >= 15 is 0 Å². The van der Waals surface area contributed by atoms with Crippen molar-refractivity contribution in [3.05, 3.63) is 241 Å². The van der Waals surface area contributed by atoms with E-state index in [-0.39, 0.29) is 6.10 Å². The lowest BCUT2D eigenvalue weighted by Gasteiger charge is -2.41. The smallest absolute Gasteiger partial charge is 0.132 e. The van der Waals surface area contributed by atoms with Gasteiger partial charge in [0.1, 0.15) is 11.9 Å². The predicted molar refractivity (Wildman–Crippen MR) is 256 cm³/mol. The maximum atomic E-state index is 6.64. The molecular formula is C59H45NO. The Bertz CT molecular complexity index is 3060. The lowest BCUT2D eigenvalue weighted by atomic mass is 9.73. The second kappa shape index (κ2) is 15.3. The van der Waals surface area contributed by atoms with Crippen LogP contribution in [0, 0.1) is 0 Å². The number of benzene rings is 8. The number of para-hydroxylation sites is 1. The Morgan fingerprint density at radius 3 is 1.79 bits per heavy atom. The van der Waals surface area contributed by atoms with E-state index in [1.54, 1.807) is 0 Å². The fraction of sp³-hybridized carbons (Fsp3) is 0.0847. The maximum absolute atomic E-state index is 6.64. The van der Waals surface area contributed by atoms with E-state index in [4.69, 9.17) is 4.74 Å². The van der Waals surface area contributed by atoms with Crippen LogP contribution in [-0.2, 0) is 5.41 Å². The molecule has 0 spiro atoms. The molecule has 0 radical (unpaired) electrons. The first-order valence-corrected chi connectivity index (χ1v) is 21.4. The summed E-state index contributed by atoms with van der Waals surface area (Å²) in [5.74, 6) is 0.946. The number of allylic oxidation sites excluding steroid dienone is 6. The molecular weight excluding hydrogens is 739 g/mol. The Hall–Kier alpha value is -7.42. The highest BCUT2D eigenvalue weighted by Gasteiger charge is 2.50. The van der Waals surface area contributed by atoms with Crippen LogP contribution in [0.15, 0.2) is 230 Å². The molecule has 1 aliphatic heterocycles. The fourth-order valence-corrected chi connectivity index (χ4v) is 9.55. The van der Waals surface area contributed by atoms with Gasteiger partial charge in [0.25, 0.3) is 0 Å². The third kappa shape index (κ3) is 6.71. The van der Waals surface area contributed by atoms with Gasteiger partial charge in [0, 0.05) is 22.6 Å². The lowest BCUT2D eigenvalue weighted by Crippen LogP contribution is -2.43. The SMILES string of the molecule is CC12C(N(c3ccc(-c4cccc(-c5ccc6ccccc6c5)c4)cc3)c3ccc(-c4cc(C5=CC=CCC5)cc(-c5ccccc5)c4)cc3)=CC=CC1Oc1ccccc12. The molecule has 0 saturated carbocycles. The van der Waals surface area contributed by atoms with Crippen LogP contribution in [-0.4, -0.2) is 6.10 Å². The third-order valence-corrected chi connectivity index (χ3v) is 12.9. The van der Waals surface area contributed by atoms with E-state index in [0.717, 1.165) is 30.0 Å². The first kappa shape index (κ1) is 36.6. The van der Waals surface area contributed by atoms with Crippen LogP contribution in [0.1, 0.15) is 30.9 Å². The summed E-state index contributed by atoms with van der Waals surface area (Å²) in [6, 6.07) is 68.7. The first-order valence-electron chi connectivity index (χ1n) is 21.4. The van der Waals surface area contributed by atoms with Crippen molar-refractivity contribution < 1.29 is 4.74 Å². The second-order valence-electron chi connectivity index (χ2n) is 16.6. The highest BCUT2D eigenvalue weighted by molar-refractivity contribution is 5.88. The zero-order valence-electron chi connectivity index (χ0n) is 34.2. The molecule has 0 bridgehead atoms.